The van der Waals surface area contributed by atoms with Gasteiger partial charge in [0, 0.05) is 11.3 Å². The molecule has 22 heavy (non-hydrogen) atoms. The highest BCUT2D eigenvalue weighted by Gasteiger charge is 2.17. The maximum Gasteiger partial charge on any atom is 0.159 e. The molecule has 1 aliphatic carbocycles. The fraction of sp³-hybridized carbons (Fsp3) is 0.333. The Kier molecular flexibility index (Phi) is 3.29. The number of hydrogen-bond donors (Lipinski definition) is 1. The Balaban J connectivity index is 1.75. The molecule has 2 aromatic heterocycles. The van der Waals surface area contributed by atoms with Crippen LogP contribution >= 0.6 is 0 Å². The number of aromatic amines is 1. The summed E-state index contributed by atoms with van der Waals surface area (Å²) in [6, 6.07) is 7.98. The van der Waals surface area contributed by atoms with Crippen LogP contribution in [-0.2, 0) is 12.8 Å². The second-order valence-electron chi connectivity index (χ2n) is 5.70. The molecule has 1 aromatic carbocycles. The molecule has 0 aliphatic heterocycles. The summed E-state index contributed by atoms with van der Waals surface area (Å²) in [6.45, 7) is 2.66. The van der Waals surface area contributed by atoms with Gasteiger partial charge in [-0.2, -0.15) is 0 Å². The first-order chi connectivity index (χ1) is 10.8. The standard InChI is InChI=1S/C18H19N3O/c1-2-22-13-9-7-12(8-10-13)18-19-11-16-17(21-18)14-5-3-4-6-15(14)20-16/h7-11,20H,2-6H2,1H3. The summed E-state index contributed by atoms with van der Waals surface area (Å²) in [7, 11) is 0. The van der Waals surface area contributed by atoms with Gasteiger partial charge in [-0.05, 0) is 62.4 Å². The number of fused-ring (bicyclic) bond motifs is 3. The van der Waals surface area contributed by atoms with Gasteiger partial charge in [-0.3, -0.25) is 0 Å². The Bertz CT molecular complexity index is 805. The van der Waals surface area contributed by atoms with Gasteiger partial charge in [-0.15, -0.1) is 0 Å². The molecule has 0 amide bonds. The molecule has 0 bridgehead atoms. The molecule has 2 heterocycles. The van der Waals surface area contributed by atoms with Crippen molar-refractivity contribution >= 4 is 11.0 Å². The molecule has 0 fully saturated rings. The topological polar surface area (TPSA) is 50.8 Å². The van der Waals surface area contributed by atoms with Crippen molar-refractivity contribution in [1.29, 1.82) is 0 Å². The first-order valence-corrected chi connectivity index (χ1v) is 7.95. The molecule has 1 aliphatic rings. The van der Waals surface area contributed by atoms with E-state index in [-0.39, 0.29) is 0 Å². The summed E-state index contributed by atoms with van der Waals surface area (Å²) in [4.78, 5) is 12.8. The van der Waals surface area contributed by atoms with E-state index >= 15 is 0 Å². The molecule has 0 atom stereocenters. The highest BCUT2D eigenvalue weighted by molar-refractivity contribution is 5.82. The van der Waals surface area contributed by atoms with Crippen LogP contribution in [0.3, 0.4) is 0 Å². The summed E-state index contributed by atoms with van der Waals surface area (Å²) in [5, 5.41) is 0. The lowest BCUT2D eigenvalue weighted by atomic mass is 9.97. The van der Waals surface area contributed by atoms with Gasteiger partial charge in [0.25, 0.3) is 0 Å². The van der Waals surface area contributed by atoms with Crippen LogP contribution in [0, 0.1) is 0 Å². The fourth-order valence-electron chi connectivity index (χ4n) is 3.18. The zero-order chi connectivity index (χ0) is 14.9. The summed E-state index contributed by atoms with van der Waals surface area (Å²) in [5.41, 5.74) is 5.90. The van der Waals surface area contributed by atoms with Gasteiger partial charge in [-0.25, -0.2) is 9.97 Å². The average Bonchev–Trinajstić information content (AvgIpc) is 2.94. The van der Waals surface area contributed by atoms with Crippen molar-refractivity contribution in [3.05, 3.63) is 41.7 Å². The van der Waals surface area contributed by atoms with E-state index in [0.29, 0.717) is 6.61 Å². The second kappa shape index (κ2) is 5.44. The van der Waals surface area contributed by atoms with E-state index in [0.717, 1.165) is 41.0 Å². The minimum absolute atomic E-state index is 0.678. The van der Waals surface area contributed by atoms with E-state index in [1.165, 1.54) is 24.1 Å². The van der Waals surface area contributed by atoms with Crippen LogP contribution < -0.4 is 4.74 Å². The van der Waals surface area contributed by atoms with Gasteiger partial charge < -0.3 is 9.72 Å². The molecule has 4 rings (SSSR count). The third-order valence-corrected chi connectivity index (χ3v) is 4.25. The smallest absolute Gasteiger partial charge is 0.159 e. The normalized spacial score (nSPS) is 14.0. The van der Waals surface area contributed by atoms with Crippen LogP contribution in [-0.4, -0.2) is 21.6 Å². The molecule has 4 nitrogen and oxygen atoms in total. The summed E-state index contributed by atoms with van der Waals surface area (Å²) >= 11 is 0. The SMILES string of the molecule is CCOc1ccc(-c2ncc3[nH]c4c(c3n2)CCCC4)cc1. The number of ether oxygens (including phenoxy) is 1. The number of aromatic nitrogens is 3. The minimum atomic E-state index is 0.678. The number of nitrogens with one attached hydrogen (secondary N) is 1. The number of rotatable bonds is 3. The van der Waals surface area contributed by atoms with Crippen molar-refractivity contribution in [3.8, 4) is 17.1 Å². The van der Waals surface area contributed by atoms with Gasteiger partial charge in [0.2, 0.25) is 0 Å². The van der Waals surface area contributed by atoms with Crippen molar-refractivity contribution < 1.29 is 4.74 Å². The lowest BCUT2D eigenvalue weighted by Gasteiger charge is -2.10. The zero-order valence-electron chi connectivity index (χ0n) is 12.7. The molecule has 1 N–H and O–H groups in total. The predicted molar refractivity (Wildman–Crippen MR) is 87.1 cm³/mol. The Labute approximate surface area is 129 Å². The molecular formula is C18H19N3O. The van der Waals surface area contributed by atoms with Crippen molar-refractivity contribution in [2.75, 3.05) is 6.61 Å². The first kappa shape index (κ1) is 13.3. The van der Waals surface area contributed by atoms with Crippen molar-refractivity contribution in [1.82, 2.24) is 15.0 Å². The number of benzene rings is 1. The lowest BCUT2D eigenvalue weighted by molar-refractivity contribution is 0.340. The highest BCUT2D eigenvalue weighted by atomic mass is 16.5. The molecule has 0 radical (unpaired) electrons. The maximum absolute atomic E-state index is 5.48. The van der Waals surface area contributed by atoms with Gasteiger partial charge in [-0.1, -0.05) is 0 Å². The second-order valence-corrected chi connectivity index (χ2v) is 5.70. The number of aryl methyl sites for hydroxylation is 2. The van der Waals surface area contributed by atoms with E-state index in [2.05, 4.69) is 9.97 Å². The number of nitrogens with zero attached hydrogens (tertiary/aromatic N) is 2. The van der Waals surface area contributed by atoms with E-state index in [1.54, 1.807) is 0 Å². The van der Waals surface area contributed by atoms with Crippen molar-refractivity contribution in [2.24, 2.45) is 0 Å². The van der Waals surface area contributed by atoms with Crippen LogP contribution in [0.5, 0.6) is 5.75 Å². The molecule has 0 saturated heterocycles. The van der Waals surface area contributed by atoms with Crippen molar-refractivity contribution in [3.63, 3.8) is 0 Å². The summed E-state index contributed by atoms with van der Waals surface area (Å²) in [5.74, 6) is 1.66. The third-order valence-electron chi connectivity index (χ3n) is 4.25. The average molecular weight is 293 g/mol. The Hall–Kier alpha value is -2.36. The van der Waals surface area contributed by atoms with Crippen LogP contribution in [0.4, 0.5) is 0 Å². The van der Waals surface area contributed by atoms with Gasteiger partial charge >= 0.3 is 0 Å². The zero-order valence-corrected chi connectivity index (χ0v) is 12.7. The summed E-state index contributed by atoms with van der Waals surface area (Å²) < 4.78 is 5.48. The Morgan fingerprint density at radius 1 is 1.14 bits per heavy atom. The summed E-state index contributed by atoms with van der Waals surface area (Å²) in [6.07, 6.45) is 6.67. The van der Waals surface area contributed by atoms with Crippen LogP contribution in [0.15, 0.2) is 30.5 Å². The van der Waals surface area contributed by atoms with E-state index in [4.69, 9.17) is 9.72 Å². The lowest BCUT2D eigenvalue weighted by Crippen LogP contribution is -2.00. The van der Waals surface area contributed by atoms with Crippen LogP contribution in [0.25, 0.3) is 22.4 Å². The third kappa shape index (κ3) is 2.25. The van der Waals surface area contributed by atoms with Crippen molar-refractivity contribution in [2.45, 2.75) is 32.6 Å². The van der Waals surface area contributed by atoms with Crippen LogP contribution in [0.1, 0.15) is 31.0 Å². The van der Waals surface area contributed by atoms with E-state index in [9.17, 15) is 0 Å². The Morgan fingerprint density at radius 2 is 1.95 bits per heavy atom. The van der Waals surface area contributed by atoms with E-state index < -0.39 is 0 Å². The molecular weight excluding hydrogens is 274 g/mol. The highest BCUT2D eigenvalue weighted by Crippen LogP contribution is 2.29. The van der Waals surface area contributed by atoms with Gasteiger partial charge in [0.15, 0.2) is 5.82 Å². The molecule has 4 heteroatoms. The first-order valence-electron chi connectivity index (χ1n) is 7.95. The Morgan fingerprint density at radius 3 is 2.77 bits per heavy atom. The molecule has 0 unspecified atom stereocenters. The molecule has 3 aromatic rings. The maximum atomic E-state index is 5.48. The van der Waals surface area contributed by atoms with Crippen LogP contribution in [0.2, 0.25) is 0 Å². The molecule has 112 valence electrons. The number of hydrogen-bond acceptors (Lipinski definition) is 3. The van der Waals surface area contributed by atoms with Gasteiger partial charge in [0.1, 0.15) is 5.75 Å². The quantitative estimate of drug-likeness (QED) is 0.796. The largest absolute Gasteiger partial charge is 0.494 e. The fourth-order valence-corrected chi connectivity index (χ4v) is 3.18. The monoisotopic (exact) mass is 293 g/mol. The van der Waals surface area contributed by atoms with E-state index in [1.807, 2.05) is 37.4 Å². The predicted octanol–water partition coefficient (Wildman–Crippen LogP) is 3.90. The van der Waals surface area contributed by atoms with Gasteiger partial charge in [0.05, 0.1) is 23.8 Å². The molecule has 0 saturated carbocycles. The number of H-pyrrole nitrogens is 1. The minimum Gasteiger partial charge on any atom is -0.494 e. The molecule has 0 spiro atoms.